The van der Waals surface area contributed by atoms with Gasteiger partial charge < -0.3 is 4.90 Å². The Morgan fingerprint density at radius 3 is 1.94 bits per heavy atom. The van der Waals surface area contributed by atoms with E-state index in [0.717, 1.165) is 0 Å². The molecule has 0 radical (unpaired) electrons. The van der Waals surface area contributed by atoms with E-state index in [2.05, 4.69) is 50.9 Å². The molecule has 0 bridgehead atoms. The molecule has 0 saturated carbocycles. The maximum absolute atomic E-state index is 2.72. The van der Waals surface area contributed by atoms with Gasteiger partial charge in [0.25, 0.3) is 0 Å². The van der Waals surface area contributed by atoms with Crippen molar-refractivity contribution in [3.05, 3.63) is 12.2 Å². The standard InChI is InChI=1S/C15H33NSi/c1-6-9-12-16(13-10-7-2)15-17(4,5)14-11-8-3/h8,11H,6-7,9-10,12-15H2,1-5H3. The fraction of sp³-hybridized carbons (Fsp3) is 0.867. The average molecular weight is 256 g/mol. The molecule has 0 unspecified atom stereocenters. The summed E-state index contributed by atoms with van der Waals surface area (Å²) in [5.74, 6) is 0. The molecule has 0 aromatic heterocycles. The van der Waals surface area contributed by atoms with Gasteiger partial charge in [-0.05, 0) is 45.1 Å². The molecule has 0 aliphatic heterocycles. The van der Waals surface area contributed by atoms with Crippen LogP contribution in [0, 0.1) is 0 Å². The van der Waals surface area contributed by atoms with Crippen LogP contribution in [0.2, 0.25) is 19.1 Å². The Kier molecular flexibility index (Phi) is 9.85. The van der Waals surface area contributed by atoms with Crippen LogP contribution in [0.5, 0.6) is 0 Å². The monoisotopic (exact) mass is 255 g/mol. The summed E-state index contributed by atoms with van der Waals surface area (Å²) < 4.78 is 0. The van der Waals surface area contributed by atoms with E-state index in [0.29, 0.717) is 0 Å². The number of allylic oxidation sites excluding steroid dienone is 2. The lowest BCUT2D eigenvalue weighted by molar-refractivity contribution is 0.301. The molecular formula is C15H33NSi. The van der Waals surface area contributed by atoms with Crippen molar-refractivity contribution in [3.8, 4) is 0 Å². The van der Waals surface area contributed by atoms with Crippen molar-refractivity contribution in [2.75, 3.05) is 19.3 Å². The maximum Gasteiger partial charge on any atom is 0.0666 e. The molecule has 0 aliphatic carbocycles. The first-order valence-electron chi connectivity index (χ1n) is 7.39. The van der Waals surface area contributed by atoms with Gasteiger partial charge in [0.05, 0.1) is 8.07 Å². The van der Waals surface area contributed by atoms with Crippen LogP contribution in [0.4, 0.5) is 0 Å². The lowest BCUT2D eigenvalue weighted by atomic mass is 10.3. The van der Waals surface area contributed by atoms with Crippen LogP contribution in [-0.4, -0.2) is 32.2 Å². The molecule has 0 fully saturated rings. The van der Waals surface area contributed by atoms with Gasteiger partial charge in [-0.2, -0.15) is 0 Å². The molecule has 0 rings (SSSR count). The van der Waals surface area contributed by atoms with Gasteiger partial charge in [-0.15, -0.1) is 0 Å². The Morgan fingerprint density at radius 2 is 1.53 bits per heavy atom. The highest BCUT2D eigenvalue weighted by atomic mass is 28.3. The summed E-state index contributed by atoms with van der Waals surface area (Å²) >= 11 is 0. The molecule has 0 heterocycles. The lowest BCUT2D eigenvalue weighted by Crippen LogP contribution is -2.43. The molecule has 0 saturated heterocycles. The van der Waals surface area contributed by atoms with E-state index < -0.39 is 8.07 Å². The van der Waals surface area contributed by atoms with Crippen LogP contribution in [0.15, 0.2) is 12.2 Å². The van der Waals surface area contributed by atoms with Crippen molar-refractivity contribution >= 4 is 8.07 Å². The summed E-state index contributed by atoms with van der Waals surface area (Å²) in [6.45, 7) is 14.4. The van der Waals surface area contributed by atoms with E-state index in [1.54, 1.807) is 0 Å². The smallest absolute Gasteiger partial charge is 0.0666 e. The third kappa shape index (κ3) is 9.60. The van der Waals surface area contributed by atoms with Crippen molar-refractivity contribution in [2.24, 2.45) is 0 Å². The Labute approximate surface area is 110 Å². The van der Waals surface area contributed by atoms with Gasteiger partial charge in [0, 0.05) is 0 Å². The molecule has 0 spiro atoms. The van der Waals surface area contributed by atoms with E-state index >= 15 is 0 Å². The highest BCUT2D eigenvalue weighted by Crippen LogP contribution is 2.13. The van der Waals surface area contributed by atoms with E-state index in [1.165, 1.54) is 51.0 Å². The van der Waals surface area contributed by atoms with E-state index in [-0.39, 0.29) is 0 Å². The highest BCUT2D eigenvalue weighted by molar-refractivity contribution is 6.78. The van der Waals surface area contributed by atoms with E-state index in [4.69, 9.17) is 0 Å². The molecule has 0 amide bonds. The predicted molar refractivity (Wildman–Crippen MR) is 83.4 cm³/mol. The topological polar surface area (TPSA) is 3.24 Å². The molecule has 0 aromatic carbocycles. The zero-order valence-electron chi connectivity index (χ0n) is 12.8. The van der Waals surface area contributed by atoms with Gasteiger partial charge in [-0.3, -0.25) is 0 Å². The van der Waals surface area contributed by atoms with Gasteiger partial charge >= 0.3 is 0 Å². The molecule has 2 heteroatoms. The maximum atomic E-state index is 2.72. The Morgan fingerprint density at radius 1 is 1.00 bits per heavy atom. The molecule has 0 N–H and O–H groups in total. The fourth-order valence-corrected chi connectivity index (χ4v) is 4.67. The summed E-state index contributed by atoms with van der Waals surface area (Å²) in [4.78, 5) is 2.72. The number of rotatable bonds is 10. The van der Waals surface area contributed by atoms with Crippen LogP contribution in [0.25, 0.3) is 0 Å². The molecule has 17 heavy (non-hydrogen) atoms. The van der Waals surface area contributed by atoms with Gasteiger partial charge in [0.1, 0.15) is 0 Å². The van der Waals surface area contributed by atoms with Gasteiger partial charge in [-0.1, -0.05) is 51.9 Å². The summed E-state index contributed by atoms with van der Waals surface area (Å²) in [7, 11) is -1.05. The van der Waals surface area contributed by atoms with Gasteiger partial charge in [-0.25, -0.2) is 0 Å². The molecule has 102 valence electrons. The van der Waals surface area contributed by atoms with Crippen molar-refractivity contribution in [3.63, 3.8) is 0 Å². The Hall–Kier alpha value is -0.0831. The summed E-state index contributed by atoms with van der Waals surface area (Å²) in [5, 5.41) is 0. The molecule has 0 aliphatic rings. The van der Waals surface area contributed by atoms with Crippen LogP contribution in [-0.2, 0) is 0 Å². The minimum Gasteiger partial charge on any atom is -0.306 e. The highest BCUT2D eigenvalue weighted by Gasteiger charge is 2.22. The zero-order valence-corrected chi connectivity index (χ0v) is 13.8. The minimum absolute atomic E-state index is 1.05. The van der Waals surface area contributed by atoms with Crippen LogP contribution < -0.4 is 0 Å². The Bertz CT molecular complexity index is 191. The zero-order chi connectivity index (χ0) is 13.1. The normalized spacial score (nSPS) is 12.8. The molecule has 0 atom stereocenters. The van der Waals surface area contributed by atoms with Crippen LogP contribution in [0.1, 0.15) is 46.5 Å². The fourth-order valence-electron chi connectivity index (χ4n) is 2.14. The van der Waals surface area contributed by atoms with Crippen LogP contribution >= 0.6 is 0 Å². The van der Waals surface area contributed by atoms with E-state index in [9.17, 15) is 0 Å². The molecule has 1 nitrogen and oxygen atoms in total. The van der Waals surface area contributed by atoms with Crippen molar-refractivity contribution in [1.29, 1.82) is 0 Å². The molecular weight excluding hydrogens is 222 g/mol. The number of hydrogen-bond donors (Lipinski definition) is 0. The first-order valence-corrected chi connectivity index (χ1v) is 10.8. The Balaban J connectivity index is 4.17. The van der Waals surface area contributed by atoms with Gasteiger partial charge in [0.2, 0.25) is 0 Å². The average Bonchev–Trinajstić information content (AvgIpc) is 2.30. The first kappa shape index (κ1) is 16.9. The van der Waals surface area contributed by atoms with Crippen LogP contribution in [0.3, 0.4) is 0 Å². The van der Waals surface area contributed by atoms with E-state index in [1.807, 2.05) is 0 Å². The third-order valence-electron chi connectivity index (χ3n) is 3.21. The third-order valence-corrected chi connectivity index (χ3v) is 5.86. The van der Waals surface area contributed by atoms with Gasteiger partial charge in [0.15, 0.2) is 0 Å². The second-order valence-corrected chi connectivity index (χ2v) is 11.0. The summed E-state index contributed by atoms with van der Waals surface area (Å²) in [6.07, 6.45) is 11.3. The number of nitrogens with zero attached hydrogens (tertiary/aromatic N) is 1. The minimum atomic E-state index is -1.05. The van der Waals surface area contributed by atoms with Crippen molar-refractivity contribution in [1.82, 2.24) is 4.90 Å². The number of unbranched alkanes of at least 4 members (excludes halogenated alkanes) is 2. The number of hydrogen-bond acceptors (Lipinski definition) is 1. The second-order valence-electron chi connectivity index (χ2n) is 5.92. The lowest BCUT2D eigenvalue weighted by Gasteiger charge is -2.30. The van der Waals surface area contributed by atoms with Crippen molar-refractivity contribution < 1.29 is 0 Å². The predicted octanol–water partition coefficient (Wildman–Crippen LogP) is 4.71. The SMILES string of the molecule is CC=CC[Si](C)(C)CN(CCCC)CCCC. The summed E-state index contributed by atoms with van der Waals surface area (Å²) in [6, 6.07) is 1.33. The summed E-state index contributed by atoms with van der Waals surface area (Å²) in [5.41, 5.74) is 0. The first-order chi connectivity index (χ1) is 8.05. The van der Waals surface area contributed by atoms with Crippen molar-refractivity contribution in [2.45, 2.75) is 65.6 Å². The largest absolute Gasteiger partial charge is 0.306 e. The quantitative estimate of drug-likeness (QED) is 0.403. The molecule has 0 aromatic rings. The second kappa shape index (κ2) is 9.90.